The lowest BCUT2D eigenvalue weighted by Gasteiger charge is -2.14. The highest BCUT2D eigenvalue weighted by Gasteiger charge is 2.18. The van der Waals surface area contributed by atoms with Crippen LogP contribution in [0.4, 0.5) is 0 Å². The van der Waals surface area contributed by atoms with Gasteiger partial charge in [-0.15, -0.1) is 0 Å². The Morgan fingerprint density at radius 3 is 2.59 bits per heavy atom. The minimum Gasteiger partial charge on any atom is -0.466 e. The van der Waals surface area contributed by atoms with Crippen LogP contribution in [0.25, 0.3) is 0 Å². The number of nitrogens with zero attached hydrogens (tertiary/aromatic N) is 2. The molecule has 1 rings (SSSR count). The highest BCUT2D eigenvalue weighted by Crippen LogP contribution is 2.10. The van der Waals surface area contributed by atoms with Crippen LogP contribution in [-0.2, 0) is 19.1 Å². The van der Waals surface area contributed by atoms with E-state index in [0.717, 1.165) is 6.08 Å². The number of allylic oxidation sites excluding steroid dienone is 3. The summed E-state index contributed by atoms with van der Waals surface area (Å²) < 4.78 is 9.02. The molecule has 0 spiro atoms. The van der Waals surface area contributed by atoms with Crippen molar-refractivity contribution in [3.8, 4) is 0 Å². The molecule has 0 atom stereocenters. The third-order valence-corrected chi connectivity index (χ3v) is 1.82. The summed E-state index contributed by atoms with van der Waals surface area (Å²) >= 11 is 0. The minimum atomic E-state index is -0.681. The number of methoxy groups -OCH3 is 2. The predicted molar refractivity (Wildman–Crippen MR) is 60.7 cm³/mol. The molecule has 1 heterocycles. The van der Waals surface area contributed by atoms with Gasteiger partial charge in [0.1, 0.15) is 0 Å². The van der Waals surface area contributed by atoms with Crippen LogP contribution in [-0.4, -0.2) is 37.4 Å². The third-order valence-electron chi connectivity index (χ3n) is 1.82. The molecule has 0 aliphatic carbocycles. The van der Waals surface area contributed by atoms with E-state index in [1.807, 2.05) is 0 Å². The van der Waals surface area contributed by atoms with Crippen LogP contribution in [0.5, 0.6) is 0 Å². The summed E-state index contributed by atoms with van der Waals surface area (Å²) in [6, 6.07) is 0. The van der Waals surface area contributed by atoms with Gasteiger partial charge in [-0.05, 0) is 12.2 Å². The topological polar surface area (TPSA) is 68.2 Å². The number of esters is 2. The van der Waals surface area contributed by atoms with E-state index in [1.165, 1.54) is 31.6 Å². The smallest absolute Gasteiger partial charge is 0.356 e. The van der Waals surface area contributed by atoms with Crippen molar-refractivity contribution in [3.05, 3.63) is 36.2 Å². The number of hydrogen-bond acceptors (Lipinski definition) is 6. The SMILES string of the molecule is COC(=O)/C=C(\C(=O)OC)N1C=CC=CC=N1. The molecule has 6 heteroatoms. The number of carbonyl (C=O) groups is 2. The monoisotopic (exact) mass is 236 g/mol. The molecule has 0 saturated heterocycles. The summed E-state index contributed by atoms with van der Waals surface area (Å²) in [6.07, 6.45) is 9.10. The fourth-order valence-corrected chi connectivity index (χ4v) is 1.03. The van der Waals surface area contributed by atoms with Crippen LogP contribution in [0.3, 0.4) is 0 Å². The largest absolute Gasteiger partial charge is 0.466 e. The molecule has 17 heavy (non-hydrogen) atoms. The zero-order chi connectivity index (χ0) is 12.7. The van der Waals surface area contributed by atoms with Crippen molar-refractivity contribution in [2.24, 2.45) is 5.10 Å². The van der Waals surface area contributed by atoms with Crippen molar-refractivity contribution in [1.29, 1.82) is 0 Å². The number of rotatable bonds is 3. The van der Waals surface area contributed by atoms with Crippen molar-refractivity contribution < 1.29 is 19.1 Å². The maximum atomic E-state index is 11.5. The van der Waals surface area contributed by atoms with Crippen molar-refractivity contribution in [2.45, 2.75) is 0 Å². The number of hydrogen-bond donors (Lipinski definition) is 0. The lowest BCUT2D eigenvalue weighted by Crippen LogP contribution is -2.20. The van der Waals surface area contributed by atoms with Gasteiger partial charge in [-0.2, -0.15) is 5.10 Å². The third kappa shape index (κ3) is 3.60. The van der Waals surface area contributed by atoms with Gasteiger partial charge < -0.3 is 9.47 Å². The van der Waals surface area contributed by atoms with E-state index in [-0.39, 0.29) is 5.70 Å². The number of ether oxygens (including phenoxy) is 2. The van der Waals surface area contributed by atoms with Crippen molar-refractivity contribution >= 4 is 18.2 Å². The molecule has 0 aromatic heterocycles. The Morgan fingerprint density at radius 1 is 1.18 bits per heavy atom. The molecular formula is C11H12N2O4. The predicted octanol–water partition coefficient (Wildman–Crippen LogP) is 0.588. The second-order valence-electron chi connectivity index (χ2n) is 2.88. The van der Waals surface area contributed by atoms with Gasteiger partial charge in [0.15, 0.2) is 5.70 Å². The van der Waals surface area contributed by atoms with Crippen LogP contribution < -0.4 is 0 Å². The summed E-state index contributed by atoms with van der Waals surface area (Å²) in [7, 11) is 2.44. The van der Waals surface area contributed by atoms with Crippen LogP contribution in [0, 0.1) is 0 Å². The molecule has 6 nitrogen and oxygen atoms in total. The average molecular weight is 236 g/mol. The average Bonchev–Trinajstić information content (AvgIpc) is 2.63. The van der Waals surface area contributed by atoms with Crippen LogP contribution in [0.1, 0.15) is 0 Å². The van der Waals surface area contributed by atoms with Gasteiger partial charge in [0.05, 0.1) is 20.3 Å². The summed E-state index contributed by atoms with van der Waals surface area (Å²) in [5.41, 5.74) is -0.0319. The maximum Gasteiger partial charge on any atom is 0.356 e. The number of carbonyl (C=O) groups excluding carboxylic acids is 2. The van der Waals surface area contributed by atoms with Gasteiger partial charge in [0, 0.05) is 12.4 Å². The second kappa shape index (κ2) is 6.26. The van der Waals surface area contributed by atoms with Gasteiger partial charge in [0.25, 0.3) is 0 Å². The maximum absolute atomic E-state index is 11.5. The first-order valence-corrected chi connectivity index (χ1v) is 4.73. The van der Waals surface area contributed by atoms with E-state index >= 15 is 0 Å². The van der Waals surface area contributed by atoms with Gasteiger partial charge in [0.2, 0.25) is 0 Å². The Morgan fingerprint density at radius 2 is 1.94 bits per heavy atom. The molecule has 0 aromatic carbocycles. The van der Waals surface area contributed by atoms with Crippen molar-refractivity contribution in [2.75, 3.05) is 14.2 Å². The molecule has 0 unspecified atom stereocenters. The quantitative estimate of drug-likeness (QED) is 0.530. The van der Waals surface area contributed by atoms with Gasteiger partial charge in [-0.1, -0.05) is 6.08 Å². The van der Waals surface area contributed by atoms with Crippen LogP contribution >= 0.6 is 0 Å². The Balaban J connectivity index is 3.02. The zero-order valence-corrected chi connectivity index (χ0v) is 9.49. The molecule has 90 valence electrons. The van der Waals surface area contributed by atoms with Gasteiger partial charge >= 0.3 is 11.9 Å². The van der Waals surface area contributed by atoms with Crippen molar-refractivity contribution in [1.82, 2.24) is 5.01 Å². The molecule has 0 saturated carbocycles. The van der Waals surface area contributed by atoms with Gasteiger partial charge in [-0.25, -0.2) is 14.6 Å². The molecular weight excluding hydrogens is 224 g/mol. The Hall–Kier alpha value is -2.37. The second-order valence-corrected chi connectivity index (χ2v) is 2.88. The minimum absolute atomic E-state index is 0.0319. The normalized spacial score (nSPS) is 14.5. The molecule has 0 radical (unpaired) electrons. The standard InChI is InChI=1S/C11H12N2O4/c1-16-10(14)8-9(11(15)17-2)13-7-5-3-4-6-12-13/h3-8H,1-2H3/b9-8+. The molecule has 0 amide bonds. The summed E-state index contributed by atoms with van der Waals surface area (Å²) in [6.45, 7) is 0. The summed E-state index contributed by atoms with van der Waals surface area (Å²) in [5, 5.41) is 5.16. The Kier molecular flexibility index (Phi) is 4.68. The highest BCUT2D eigenvalue weighted by atomic mass is 16.5. The highest BCUT2D eigenvalue weighted by molar-refractivity contribution is 5.96. The molecule has 0 bridgehead atoms. The van der Waals surface area contributed by atoms with Crippen LogP contribution in [0.15, 0.2) is 41.3 Å². The lowest BCUT2D eigenvalue weighted by atomic mass is 10.3. The first kappa shape index (κ1) is 12.7. The zero-order valence-electron chi connectivity index (χ0n) is 9.49. The molecule has 1 aliphatic heterocycles. The van der Waals surface area contributed by atoms with E-state index in [9.17, 15) is 9.59 Å². The fourth-order valence-electron chi connectivity index (χ4n) is 1.03. The van der Waals surface area contributed by atoms with E-state index < -0.39 is 11.9 Å². The van der Waals surface area contributed by atoms with E-state index in [1.54, 1.807) is 18.2 Å². The summed E-state index contributed by atoms with van der Waals surface area (Å²) in [4.78, 5) is 22.7. The molecule has 0 N–H and O–H groups in total. The number of hydrazone groups is 1. The lowest BCUT2D eigenvalue weighted by molar-refractivity contribution is -0.139. The van der Waals surface area contributed by atoms with Gasteiger partial charge in [-0.3, -0.25) is 0 Å². The van der Waals surface area contributed by atoms with Crippen molar-refractivity contribution in [3.63, 3.8) is 0 Å². The van der Waals surface area contributed by atoms with E-state index in [0.29, 0.717) is 0 Å². The molecule has 0 aromatic rings. The Labute approximate surface area is 98.5 Å². The van der Waals surface area contributed by atoms with E-state index in [4.69, 9.17) is 0 Å². The molecule has 0 fully saturated rings. The fraction of sp³-hybridized carbons (Fsp3) is 0.182. The Bertz CT molecular complexity index is 405. The summed E-state index contributed by atoms with van der Waals surface area (Å²) in [5.74, 6) is -1.34. The molecule has 1 aliphatic rings. The van der Waals surface area contributed by atoms with Crippen LogP contribution in [0.2, 0.25) is 0 Å². The van der Waals surface area contributed by atoms with E-state index in [2.05, 4.69) is 14.6 Å². The first-order chi connectivity index (χ1) is 8.19. The first-order valence-electron chi connectivity index (χ1n) is 4.73.